The molecule has 4 heterocycles. The molecule has 0 bridgehead atoms. The van der Waals surface area contributed by atoms with Crippen molar-refractivity contribution in [3.8, 4) is 0 Å². The quantitative estimate of drug-likeness (QED) is 0.605. The molecule has 0 aromatic carbocycles. The lowest BCUT2D eigenvalue weighted by molar-refractivity contribution is -0.134. The van der Waals surface area contributed by atoms with Crippen molar-refractivity contribution in [1.29, 1.82) is 0 Å². The van der Waals surface area contributed by atoms with Gasteiger partial charge in [0.2, 0.25) is 17.8 Å². The Labute approximate surface area is 214 Å². The monoisotopic (exact) mass is 491 g/mol. The number of likely N-dealkylation sites (tertiary alicyclic amines) is 1. The highest BCUT2D eigenvalue weighted by Gasteiger charge is 2.38. The van der Waals surface area contributed by atoms with E-state index in [0.717, 1.165) is 82.0 Å². The average Bonchev–Trinajstić information content (AvgIpc) is 3.65. The standard InChI is InChI=1S/C28H41N7O/c1-28(2)13-16-34(17-14-28)25(36)23-12-7-15-35(23)27-31-21-11-6-10-20(21)24(33-27)32-26-29-18-22(30-26)19-8-4-3-5-9-19/h18-19,23H,3-17H2,1-2H3,(H2,29,30,31,32,33)/t23-/m0/s1. The van der Waals surface area contributed by atoms with Gasteiger partial charge in [-0.25, -0.2) is 9.97 Å². The fourth-order valence-electron chi connectivity index (χ4n) is 6.59. The minimum Gasteiger partial charge on any atom is -0.341 e. The summed E-state index contributed by atoms with van der Waals surface area (Å²) in [6.45, 7) is 7.16. The zero-order chi connectivity index (χ0) is 24.7. The third-order valence-corrected chi connectivity index (χ3v) is 9.02. The van der Waals surface area contributed by atoms with Crippen LogP contribution in [0.15, 0.2) is 6.20 Å². The highest BCUT2D eigenvalue weighted by Crippen LogP contribution is 2.36. The number of hydrogen-bond acceptors (Lipinski definition) is 6. The van der Waals surface area contributed by atoms with Crippen molar-refractivity contribution < 1.29 is 4.79 Å². The van der Waals surface area contributed by atoms with Crippen molar-refractivity contribution >= 4 is 23.6 Å². The molecule has 8 heteroatoms. The van der Waals surface area contributed by atoms with Crippen LogP contribution in [0.1, 0.15) is 101 Å². The molecular formula is C28H41N7O. The molecule has 194 valence electrons. The van der Waals surface area contributed by atoms with E-state index in [4.69, 9.17) is 9.97 Å². The van der Waals surface area contributed by atoms with E-state index in [1.54, 1.807) is 0 Å². The van der Waals surface area contributed by atoms with Crippen molar-refractivity contribution in [2.75, 3.05) is 29.9 Å². The van der Waals surface area contributed by atoms with Gasteiger partial charge in [0.15, 0.2) is 0 Å². The molecule has 0 radical (unpaired) electrons. The van der Waals surface area contributed by atoms with Crippen LogP contribution in [0.4, 0.5) is 17.7 Å². The minimum atomic E-state index is -0.153. The third kappa shape index (κ3) is 4.71. The van der Waals surface area contributed by atoms with Crippen LogP contribution in [0, 0.1) is 5.41 Å². The number of nitrogens with one attached hydrogen (secondary N) is 2. The summed E-state index contributed by atoms with van der Waals surface area (Å²) in [7, 11) is 0. The summed E-state index contributed by atoms with van der Waals surface area (Å²) in [6, 6.07) is -0.153. The lowest BCUT2D eigenvalue weighted by Crippen LogP contribution is -2.50. The first-order chi connectivity index (χ1) is 17.5. The predicted molar refractivity (Wildman–Crippen MR) is 142 cm³/mol. The van der Waals surface area contributed by atoms with E-state index in [0.29, 0.717) is 17.3 Å². The van der Waals surface area contributed by atoms with E-state index >= 15 is 0 Å². The molecule has 4 aliphatic rings. The summed E-state index contributed by atoms with van der Waals surface area (Å²) in [5.74, 6) is 3.16. The molecule has 2 aromatic heterocycles. The first-order valence-electron chi connectivity index (χ1n) is 14.2. The minimum absolute atomic E-state index is 0.153. The van der Waals surface area contributed by atoms with E-state index in [1.165, 1.54) is 43.4 Å². The molecule has 2 aromatic rings. The number of fused-ring (bicyclic) bond motifs is 1. The molecule has 1 atom stereocenters. The predicted octanol–water partition coefficient (Wildman–Crippen LogP) is 5.10. The van der Waals surface area contributed by atoms with Gasteiger partial charge in [0, 0.05) is 36.8 Å². The van der Waals surface area contributed by atoms with Gasteiger partial charge in [-0.3, -0.25) is 4.79 Å². The molecule has 6 rings (SSSR count). The Kier molecular flexibility index (Phi) is 6.38. The zero-order valence-corrected chi connectivity index (χ0v) is 22.0. The first-order valence-corrected chi connectivity index (χ1v) is 14.2. The number of aromatic amines is 1. The van der Waals surface area contributed by atoms with Gasteiger partial charge in [-0.2, -0.15) is 4.98 Å². The fourth-order valence-corrected chi connectivity index (χ4v) is 6.59. The summed E-state index contributed by atoms with van der Waals surface area (Å²) in [4.78, 5) is 36.0. The smallest absolute Gasteiger partial charge is 0.245 e. The van der Waals surface area contributed by atoms with Gasteiger partial charge in [0.1, 0.15) is 11.9 Å². The lowest BCUT2D eigenvalue weighted by atomic mass is 9.82. The van der Waals surface area contributed by atoms with E-state index < -0.39 is 0 Å². The molecule has 2 aliphatic heterocycles. The third-order valence-electron chi connectivity index (χ3n) is 9.02. The van der Waals surface area contributed by atoms with Crippen molar-refractivity contribution in [1.82, 2.24) is 24.8 Å². The van der Waals surface area contributed by atoms with Crippen molar-refractivity contribution in [3.63, 3.8) is 0 Å². The second kappa shape index (κ2) is 9.67. The number of rotatable bonds is 5. The molecule has 36 heavy (non-hydrogen) atoms. The Morgan fingerprint density at radius 3 is 2.61 bits per heavy atom. The second-order valence-electron chi connectivity index (χ2n) is 12.1. The summed E-state index contributed by atoms with van der Waals surface area (Å²) >= 11 is 0. The maximum absolute atomic E-state index is 13.6. The summed E-state index contributed by atoms with van der Waals surface area (Å²) in [6.07, 6.45) is 15.5. The molecule has 2 aliphatic carbocycles. The number of amides is 1. The van der Waals surface area contributed by atoms with Crippen LogP contribution < -0.4 is 10.2 Å². The number of carbonyl (C=O) groups is 1. The number of anilines is 3. The first kappa shape index (κ1) is 23.7. The molecule has 1 amide bonds. The zero-order valence-electron chi connectivity index (χ0n) is 22.0. The maximum atomic E-state index is 13.6. The van der Waals surface area contributed by atoms with Crippen LogP contribution >= 0.6 is 0 Å². The van der Waals surface area contributed by atoms with Crippen molar-refractivity contribution in [3.05, 3.63) is 23.1 Å². The number of H-pyrrole nitrogens is 1. The van der Waals surface area contributed by atoms with Gasteiger partial charge in [-0.05, 0) is 63.2 Å². The van der Waals surface area contributed by atoms with Gasteiger partial charge in [0.25, 0.3) is 0 Å². The lowest BCUT2D eigenvalue weighted by Gasteiger charge is -2.39. The average molecular weight is 492 g/mol. The topological polar surface area (TPSA) is 90.0 Å². The van der Waals surface area contributed by atoms with Crippen molar-refractivity contribution in [2.24, 2.45) is 5.41 Å². The second-order valence-corrected chi connectivity index (χ2v) is 12.1. The van der Waals surface area contributed by atoms with Crippen LogP contribution in [0.5, 0.6) is 0 Å². The number of carbonyl (C=O) groups excluding carboxylic acids is 1. The Morgan fingerprint density at radius 1 is 1.00 bits per heavy atom. The van der Waals surface area contributed by atoms with Gasteiger partial charge >= 0.3 is 0 Å². The van der Waals surface area contributed by atoms with Crippen LogP contribution in [0.2, 0.25) is 0 Å². The molecule has 2 saturated heterocycles. The highest BCUT2D eigenvalue weighted by molar-refractivity contribution is 5.85. The number of piperidine rings is 1. The Hall–Kier alpha value is -2.64. The van der Waals surface area contributed by atoms with Crippen LogP contribution in [-0.2, 0) is 17.6 Å². The summed E-state index contributed by atoms with van der Waals surface area (Å²) < 4.78 is 0. The Balaban J connectivity index is 1.22. The fraction of sp³-hybridized carbons (Fsp3) is 0.714. The van der Waals surface area contributed by atoms with Gasteiger partial charge in [-0.15, -0.1) is 0 Å². The normalized spacial score (nSPS) is 24.2. The largest absolute Gasteiger partial charge is 0.341 e. The Morgan fingerprint density at radius 2 is 1.81 bits per heavy atom. The highest BCUT2D eigenvalue weighted by atomic mass is 16.2. The van der Waals surface area contributed by atoms with Gasteiger partial charge < -0.3 is 20.1 Å². The van der Waals surface area contributed by atoms with E-state index in [-0.39, 0.29) is 11.9 Å². The molecule has 1 saturated carbocycles. The Bertz CT molecular complexity index is 1090. The molecule has 8 nitrogen and oxygen atoms in total. The molecule has 0 spiro atoms. The van der Waals surface area contributed by atoms with Gasteiger partial charge in [-0.1, -0.05) is 33.1 Å². The van der Waals surface area contributed by atoms with E-state index in [9.17, 15) is 4.79 Å². The van der Waals surface area contributed by atoms with Crippen LogP contribution in [0.3, 0.4) is 0 Å². The molecule has 2 N–H and O–H groups in total. The molecule has 0 unspecified atom stereocenters. The number of nitrogens with zero attached hydrogens (tertiary/aromatic N) is 5. The van der Waals surface area contributed by atoms with E-state index in [1.807, 2.05) is 6.20 Å². The van der Waals surface area contributed by atoms with Crippen LogP contribution in [0.25, 0.3) is 0 Å². The van der Waals surface area contributed by atoms with Crippen molar-refractivity contribution in [2.45, 2.75) is 103 Å². The van der Waals surface area contributed by atoms with Gasteiger partial charge in [0.05, 0.1) is 11.9 Å². The summed E-state index contributed by atoms with van der Waals surface area (Å²) in [5, 5.41) is 3.50. The molecular weight excluding hydrogens is 450 g/mol. The number of aryl methyl sites for hydroxylation is 1. The summed E-state index contributed by atoms with van der Waals surface area (Å²) in [5.41, 5.74) is 3.89. The number of hydrogen-bond donors (Lipinski definition) is 2. The van der Waals surface area contributed by atoms with Crippen LogP contribution in [-0.4, -0.2) is 56.4 Å². The number of imidazole rings is 1. The molecule has 3 fully saturated rings. The maximum Gasteiger partial charge on any atom is 0.245 e. The SMILES string of the molecule is CC1(C)CCN(C(=O)[C@@H]2CCCN2c2nc3c(c(Nc4ncc(C5CCCCC5)[nH]4)n2)CCC3)CC1. The van der Waals surface area contributed by atoms with E-state index in [2.05, 4.69) is 38.9 Å². The number of aromatic nitrogens is 4.